The first-order chi connectivity index (χ1) is 11.7. The van der Waals surface area contributed by atoms with Crippen LogP contribution in [-0.4, -0.2) is 47.6 Å². The van der Waals surface area contributed by atoms with Gasteiger partial charge in [-0.15, -0.1) is 0 Å². The van der Waals surface area contributed by atoms with Crippen molar-refractivity contribution in [2.75, 3.05) is 31.6 Å². The first kappa shape index (κ1) is 14.1. The molecule has 0 radical (unpaired) electrons. The fourth-order valence-corrected chi connectivity index (χ4v) is 4.31. The zero-order valence-electron chi connectivity index (χ0n) is 14.2. The minimum Gasteiger partial charge on any atom is -0.368 e. The number of rotatable bonds is 2. The van der Waals surface area contributed by atoms with Crippen LogP contribution in [0.3, 0.4) is 0 Å². The molecule has 1 N–H and O–H groups in total. The predicted octanol–water partition coefficient (Wildman–Crippen LogP) is 3.29. The number of fused-ring (bicyclic) bond motifs is 2. The molecule has 2 fully saturated rings. The lowest BCUT2D eigenvalue weighted by atomic mass is 9.93. The molecule has 1 aromatic carbocycles. The van der Waals surface area contributed by atoms with Gasteiger partial charge < -0.3 is 14.8 Å². The zero-order chi connectivity index (χ0) is 16.3. The number of aromatic nitrogens is 2. The normalized spacial score (nSPS) is 23.5. The van der Waals surface area contributed by atoms with E-state index in [1.54, 1.807) is 0 Å². The van der Waals surface area contributed by atoms with Gasteiger partial charge in [0.2, 0.25) is 0 Å². The van der Waals surface area contributed by atoms with Crippen molar-refractivity contribution in [1.29, 1.82) is 0 Å². The maximum absolute atomic E-state index is 4.52. The highest BCUT2D eigenvalue weighted by Crippen LogP contribution is 2.35. The number of hydrogen-bond donors (Lipinski definition) is 1. The molecule has 4 heteroatoms. The molecule has 0 spiro atoms. The average molecular weight is 318 g/mol. The SMILES string of the molecule is Cc1c[nH]c2ccc(-c3cncc(N4C[C@H]5CN(C)[C@@H]5C4)c3)cc12. The molecule has 2 aromatic heterocycles. The van der Waals surface area contributed by atoms with E-state index in [0.29, 0.717) is 0 Å². The number of anilines is 1. The molecule has 2 aliphatic heterocycles. The van der Waals surface area contributed by atoms with Crippen LogP contribution in [0.5, 0.6) is 0 Å². The topological polar surface area (TPSA) is 35.2 Å². The Kier molecular flexibility index (Phi) is 2.98. The van der Waals surface area contributed by atoms with Crippen LogP contribution in [-0.2, 0) is 0 Å². The van der Waals surface area contributed by atoms with Gasteiger partial charge in [-0.25, -0.2) is 0 Å². The number of aryl methyl sites for hydroxylation is 1. The van der Waals surface area contributed by atoms with Crippen molar-refractivity contribution in [1.82, 2.24) is 14.9 Å². The van der Waals surface area contributed by atoms with Gasteiger partial charge in [0.05, 0.1) is 11.9 Å². The molecular weight excluding hydrogens is 296 g/mol. The van der Waals surface area contributed by atoms with Crippen molar-refractivity contribution in [3.8, 4) is 11.1 Å². The van der Waals surface area contributed by atoms with Gasteiger partial charge in [-0.2, -0.15) is 0 Å². The molecule has 0 aliphatic carbocycles. The molecule has 0 unspecified atom stereocenters. The van der Waals surface area contributed by atoms with Crippen LogP contribution in [0.25, 0.3) is 22.0 Å². The molecule has 0 amide bonds. The van der Waals surface area contributed by atoms with Crippen LogP contribution in [0.1, 0.15) is 5.56 Å². The molecular formula is C20H22N4. The van der Waals surface area contributed by atoms with Crippen LogP contribution >= 0.6 is 0 Å². The Morgan fingerprint density at radius 2 is 2.00 bits per heavy atom. The molecule has 5 rings (SSSR count). The number of likely N-dealkylation sites (tertiary alicyclic amines) is 1. The van der Waals surface area contributed by atoms with E-state index in [9.17, 15) is 0 Å². The molecule has 2 aliphatic rings. The third-order valence-electron chi connectivity index (χ3n) is 5.81. The van der Waals surface area contributed by atoms with Gasteiger partial charge in [-0.3, -0.25) is 4.98 Å². The van der Waals surface area contributed by atoms with Gasteiger partial charge in [0.15, 0.2) is 0 Å². The lowest BCUT2D eigenvalue weighted by Gasteiger charge is -2.40. The second-order valence-electron chi connectivity index (χ2n) is 7.34. The van der Waals surface area contributed by atoms with E-state index < -0.39 is 0 Å². The Balaban J connectivity index is 1.49. The van der Waals surface area contributed by atoms with Gasteiger partial charge in [0, 0.05) is 60.5 Å². The Morgan fingerprint density at radius 3 is 2.83 bits per heavy atom. The minimum absolute atomic E-state index is 0.729. The van der Waals surface area contributed by atoms with E-state index in [0.717, 1.165) is 25.0 Å². The predicted molar refractivity (Wildman–Crippen MR) is 98.4 cm³/mol. The number of nitrogens with zero attached hydrogens (tertiary/aromatic N) is 3. The number of nitrogens with one attached hydrogen (secondary N) is 1. The average Bonchev–Trinajstić information content (AvgIpc) is 3.15. The highest BCUT2D eigenvalue weighted by molar-refractivity contribution is 5.88. The number of benzene rings is 1. The Morgan fingerprint density at radius 1 is 1.08 bits per heavy atom. The second kappa shape index (κ2) is 5.08. The van der Waals surface area contributed by atoms with Gasteiger partial charge in [0.25, 0.3) is 0 Å². The quantitative estimate of drug-likeness (QED) is 0.787. The van der Waals surface area contributed by atoms with Crippen LogP contribution < -0.4 is 4.90 Å². The second-order valence-corrected chi connectivity index (χ2v) is 7.34. The summed E-state index contributed by atoms with van der Waals surface area (Å²) < 4.78 is 0. The number of hydrogen-bond acceptors (Lipinski definition) is 3. The van der Waals surface area contributed by atoms with Crippen LogP contribution in [0.4, 0.5) is 5.69 Å². The summed E-state index contributed by atoms with van der Waals surface area (Å²) in [6, 6.07) is 9.63. The summed E-state index contributed by atoms with van der Waals surface area (Å²) in [4.78, 5) is 12.8. The molecule has 0 saturated carbocycles. The zero-order valence-corrected chi connectivity index (χ0v) is 14.2. The maximum atomic E-state index is 4.52. The Bertz CT molecular complexity index is 913. The smallest absolute Gasteiger partial charge is 0.0559 e. The lowest BCUT2D eigenvalue weighted by molar-refractivity contribution is 0.0827. The van der Waals surface area contributed by atoms with E-state index in [1.807, 2.05) is 12.4 Å². The summed E-state index contributed by atoms with van der Waals surface area (Å²) in [6.07, 6.45) is 6.05. The number of aromatic amines is 1. The standard InChI is InChI=1S/C20H22N4/c1-13-7-22-19-4-3-14(6-18(13)19)15-5-17(9-21-8-15)24-11-16-10-23(2)20(16)12-24/h3-9,16,20,22H,10-12H2,1-2H3/t16-,20-/m1/s1. The van der Waals surface area contributed by atoms with Crippen molar-refractivity contribution in [3.63, 3.8) is 0 Å². The maximum Gasteiger partial charge on any atom is 0.0559 e. The van der Waals surface area contributed by atoms with Gasteiger partial charge in [0.1, 0.15) is 0 Å². The fourth-order valence-electron chi connectivity index (χ4n) is 4.31. The molecule has 4 heterocycles. The summed E-state index contributed by atoms with van der Waals surface area (Å²) in [5.41, 5.74) is 6.16. The minimum atomic E-state index is 0.729. The first-order valence-electron chi connectivity index (χ1n) is 8.67. The van der Waals surface area contributed by atoms with Crippen LogP contribution in [0, 0.1) is 12.8 Å². The molecule has 3 aromatic rings. The number of pyridine rings is 1. The first-order valence-corrected chi connectivity index (χ1v) is 8.67. The molecule has 24 heavy (non-hydrogen) atoms. The van der Waals surface area contributed by atoms with Crippen molar-refractivity contribution in [3.05, 3.63) is 48.4 Å². The van der Waals surface area contributed by atoms with Crippen molar-refractivity contribution >= 4 is 16.6 Å². The highest BCUT2D eigenvalue weighted by Gasteiger charge is 2.43. The summed E-state index contributed by atoms with van der Waals surface area (Å²) in [6.45, 7) is 5.67. The van der Waals surface area contributed by atoms with Crippen LogP contribution in [0.2, 0.25) is 0 Å². The fraction of sp³-hybridized carbons (Fsp3) is 0.350. The monoisotopic (exact) mass is 318 g/mol. The van der Waals surface area contributed by atoms with E-state index >= 15 is 0 Å². The Hall–Kier alpha value is -2.33. The number of likely N-dealkylation sites (N-methyl/N-ethyl adjacent to an activating group) is 1. The van der Waals surface area contributed by atoms with Crippen molar-refractivity contribution in [2.45, 2.75) is 13.0 Å². The van der Waals surface area contributed by atoms with Crippen molar-refractivity contribution < 1.29 is 0 Å². The number of H-pyrrole nitrogens is 1. The Labute approximate surface area is 142 Å². The van der Waals surface area contributed by atoms with Gasteiger partial charge in [-0.1, -0.05) is 6.07 Å². The van der Waals surface area contributed by atoms with E-state index in [4.69, 9.17) is 0 Å². The van der Waals surface area contributed by atoms with E-state index in [-0.39, 0.29) is 0 Å². The lowest BCUT2D eigenvalue weighted by Crippen LogP contribution is -2.52. The largest absolute Gasteiger partial charge is 0.368 e. The molecule has 0 bridgehead atoms. The van der Waals surface area contributed by atoms with Gasteiger partial charge >= 0.3 is 0 Å². The third kappa shape index (κ3) is 2.06. The molecule has 2 saturated heterocycles. The summed E-state index contributed by atoms with van der Waals surface area (Å²) in [5.74, 6) is 0.831. The summed E-state index contributed by atoms with van der Waals surface area (Å²) >= 11 is 0. The molecule has 2 atom stereocenters. The molecule has 122 valence electrons. The van der Waals surface area contributed by atoms with E-state index in [1.165, 1.54) is 39.8 Å². The summed E-state index contributed by atoms with van der Waals surface area (Å²) in [7, 11) is 2.23. The highest BCUT2D eigenvalue weighted by atomic mass is 15.3. The van der Waals surface area contributed by atoms with E-state index in [2.05, 4.69) is 64.2 Å². The van der Waals surface area contributed by atoms with Crippen LogP contribution in [0.15, 0.2) is 42.9 Å². The third-order valence-corrected chi connectivity index (χ3v) is 5.81. The molecule has 4 nitrogen and oxygen atoms in total. The summed E-state index contributed by atoms with van der Waals surface area (Å²) in [5, 5.41) is 1.29. The van der Waals surface area contributed by atoms with Gasteiger partial charge in [-0.05, 0) is 43.3 Å². The van der Waals surface area contributed by atoms with Crippen molar-refractivity contribution in [2.24, 2.45) is 5.92 Å².